The van der Waals surface area contributed by atoms with Gasteiger partial charge in [-0.3, -0.25) is 4.79 Å². The van der Waals surface area contributed by atoms with Gasteiger partial charge in [0.1, 0.15) is 42.7 Å². The number of carbonyl (C=O) groups is 1. The molecule has 420 valence electrons. The van der Waals surface area contributed by atoms with Crippen LogP contribution in [0.4, 0.5) is 0 Å². The van der Waals surface area contributed by atoms with Gasteiger partial charge in [-0.2, -0.15) is 0 Å². The van der Waals surface area contributed by atoms with Crippen molar-refractivity contribution >= 4 is 5.91 Å². The molecule has 5 aliphatic heterocycles. The molecule has 9 rings (SSSR count). The summed E-state index contributed by atoms with van der Waals surface area (Å²) in [6, 6.07) is 39.0. The fraction of sp³-hybridized carbons (Fsp3) is 0.590. The first-order valence-corrected chi connectivity index (χ1v) is 27.6. The van der Waals surface area contributed by atoms with Gasteiger partial charge in [-0.25, -0.2) is 0 Å². The molecule has 16 nitrogen and oxygen atoms in total. The second kappa shape index (κ2) is 26.4. The number of amides is 1. The van der Waals surface area contributed by atoms with Gasteiger partial charge in [0, 0.05) is 24.7 Å². The molecule has 4 aromatic carbocycles. The van der Waals surface area contributed by atoms with Crippen molar-refractivity contribution in [3.8, 4) is 0 Å². The van der Waals surface area contributed by atoms with Gasteiger partial charge in [-0.05, 0) is 56.9 Å². The average molecular weight is 1070 g/mol. The van der Waals surface area contributed by atoms with Gasteiger partial charge in [0.15, 0.2) is 24.7 Å². The van der Waals surface area contributed by atoms with E-state index in [2.05, 4.69) is 19.2 Å². The molecule has 1 amide bonds. The van der Waals surface area contributed by atoms with E-state index in [0.717, 1.165) is 22.3 Å². The zero-order valence-corrected chi connectivity index (χ0v) is 46.0. The molecule has 77 heavy (non-hydrogen) atoms. The fourth-order valence-electron chi connectivity index (χ4n) is 11.1. The number of nitrogens with one attached hydrogen (secondary N) is 1. The summed E-state index contributed by atoms with van der Waals surface area (Å²) >= 11 is 0. The minimum Gasteiger partial charge on any atom is -0.388 e. The summed E-state index contributed by atoms with van der Waals surface area (Å²) in [5.41, 5.74) is 4.01. The molecule has 0 bridgehead atoms. The minimum absolute atomic E-state index is 0.0891. The van der Waals surface area contributed by atoms with E-state index >= 15 is 0 Å². The van der Waals surface area contributed by atoms with E-state index < -0.39 is 110 Å². The Balaban J connectivity index is 1.09. The summed E-state index contributed by atoms with van der Waals surface area (Å²) in [6.07, 6.45) is -12.4. The van der Waals surface area contributed by atoms with E-state index in [4.69, 9.17) is 61.6 Å². The largest absolute Gasteiger partial charge is 0.388 e. The number of ether oxygens (including phenoxy) is 13. The molecular weight excluding hydrogens is 987 g/mol. The third-order valence-corrected chi connectivity index (χ3v) is 15.9. The van der Waals surface area contributed by atoms with Gasteiger partial charge in [-0.15, -0.1) is 0 Å². The maximum Gasteiger partial charge on any atom is 0.217 e. The SMILES string of the molecule is CC(=O)NC1[C@H](OC2[C@H](OC3[C@H](C)OC(C)[C@H](C)[C@@H]3OCc3ccccc3)OC(C)[C@H](C)[C@@H]2O[C@H]2O[C@@H](COCc3ccccc3)[C@@H](C)C(OCc3ccccc3)C2OCc2ccccc2)OC2COC(C)(C)O[C@H]2[C@@H]1O. The highest BCUT2D eigenvalue weighted by Gasteiger charge is 2.57. The zero-order valence-electron chi connectivity index (χ0n) is 46.0. The predicted octanol–water partition coefficient (Wildman–Crippen LogP) is 8.04. The Hall–Kier alpha value is -4.21. The molecule has 0 aromatic heterocycles. The summed E-state index contributed by atoms with van der Waals surface area (Å²) < 4.78 is 88.9. The van der Waals surface area contributed by atoms with Crippen LogP contribution >= 0.6 is 0 Å². The van der Waals surface area contributed by atoms with Crippen LogP contribution in [0.25, 0.3) is 0 Å². The van der Waals surface area contributed by atoms with Crippen LogP contribution in [0.2, 0.25) is 0 Å². The number of aliphatic hydroxyl groups is 1. The summed E-state index contributed by atoms with van der Waals surface area (Å²) in [4.78, 5) is 13.1. The molecule has 0 saturated carbocycles. The molecule has 5 heterocycles. The molecule has 4 aromatic rings. The maximum atomic E-state index is 13.1. The number of hydrogen-bond donors (Lipinski definition) is 2. The van der Waals surface area contributed by atoms with Crippen LogP contribution in [0.3, 0.4) is 0 Å². The first-order chi connectivity index (χ1) is 37.1. The molecule has 5 aliphatic rings. The summed E-state index contributed by atoms with van der Waals surface area (Å²) in [5, 5.41) is 15.1. The van der Waals surface area contributed by atoms with Crippen LogP contribution in [0, 0.1) is 17.8 Å². The van der Waals surface area contributed by atoms with Crippen LogP contribution in [0.15, 0.2) is 121 Å². The van der Waals surface area contributed by atoms with E-state index in [1.54, 1.807) is 13.8 Å². The number of rotatable bonds is 20. The van der Waals surface area contributed by atoms with Crippen molar-refractivity contribution < 1.29 is 71.5 Å². The number of hydrogen-bond acceptors (Lipinski definition) is 15. The Morgan fingerprint density at radius 3 is 1.57 bits per heavy atom. The fourth-order valence-corrected chi connectivity index (χ4v) is 11.1. The second-order valence-electron chi connectivity index (χ2n) is 22.0. The van der Waals surface area contributed by atoms with Crippen molar-refractivity contribution in [1.29, 1.82) is 0 Å². The van der Waals surface area contributed by atoms with Gasteiger partial charge >= 0.3 is 0 Å². The van der Waals surface area contributed by atoms with E-state index in [-0.39, 0.29) is 43.7 Å². The minimum atomic E-state index is -1.28. The predicted molar refractivity (Wildman–Crippen MR) is 283 cm³/mol. The average Bonchev–Trinajstić information content (AvgIpc) is 3.44. The van der Waals surface area contributed by atoms with E-state index in [1.165, 1.54) is 6.92 Å². The molecule has 8 unspecified atom stereocenters. The lowest BCUT2D eigenvalue weighted by molar-refractivity contribution is -0.405. The Kier molecular flexibility index (Phi) is 19.7. The van der Waals surface area contributed by atoms with Crippen molar-refractivity contribution in [1.82, 2.24) is 5.32 Å². The third-order valence-electron chi connectivity index (χ3n) is 15.9. The Bertz CT molecular complexity index is 2410. The monoisotopic (exact) mass is 1070 g/mol. The van der Waals surface area contributed by atoms with Gasteiger partial charge in [0.2, 0.25) is 5.91 Å². The molecular formula is C61H81NO15. The van der Waals surface area contributed by atoms with Crippen molar-refractivity contribution in [3.05, 3.63) is 144 Å². The molecule has 5 fully saturated rings. The summed E-state index contributed by atoms with van der Waals surface area (Å²) in [5.74, 6) is -2.13. The summed E-state index contributed by atoms with van der Waals surface area (Å²) in [6.45, 7) is 18.8. The van der Waals surface area contributed by atoms with Crippen molar-refractivity contribution in [2.45, 2.75) is 199 Å². The van der Waals surface area contributed by atoms with Crippen LogP contribution in [0.5, 0.6) is 0 Å². The van der Waals surface area contributed by atoms with Crippen LogP contribution < -0.4 is 5.32 Å². The van der Waals surface area contributed by atoms with Gasteiger partial charge in [-0.1, -0.05) is 142 Å². The molecule has 0 spiro atoms. The van der Waals surface area contributed by atoms with Crippen molar-refractivity contribution in [2.24, 2.45) is 17.8 Å². The number of benzene rings is 4. The Morgan fingerprint density at radius 1 is 0.545 bits per heavy atom. The molecule has 20 atom stereocenters. The van der Waals surface area contributed by atoms with Crippen molar-refractivity contribution in [3.63, 3.8) is 0 Å². The van der Waals surface area contributed by atoms with Gasteiger partial charge in [0.05, 0.1) is 82.4 Å². The van der Waals surface area contributed by atoms with Crippen LogP contribution in [-0.4, -0.2) is 134 Å². The molecule has 5 saturated heterocycles. The lowest BCUT2D eigenvalue weighted by Gasteiger charge is -2.53. The quantitative estimate of drug-likeness (QED) is 0.0872. The molecule has 16 heteroatoms. The highest BCUT2D eigenvalue weighted by atomic mass is 16.8. The van der Waals surface area contributed by atoms with Crippen molar-refractivity contribution in [2.75, 3.05) is 13.2 Å². The first-order valence-electron chi connectivity index (χ1n) is 27.6. The highest BCUT2D eigenvalue weighted by Crippen LogP contribution is 2.42. The maximum absolute atomic E-state index is 13.1. The van der Waals surface area contributed by atoms with E-state index in [0.29, 0.717) is 19.8 Å². The number of aliphatic hydroxyl groups excluding tert-OH is 1. The Labute approximate surface area is 454 Å². The molecule has 0 aliphatic carbocycles. The van der Waals surface area contributed by atoms with E-state index in [9.17, 15) is 9.90 Å². The lowest BCUT2D eigenvalue weighted by Crippen LogP contribution is -2.70. The van der Waals surface area contributed by atoms with Gasteiger partial charge < -0.3 is 72.0 Å². The highest BCUT2D eigenvalue weighted by molar-refractivity contribution is 5.73. The van der Waals surface area contributed by atoms with E-state index in [1.807, 2.05) is 149 Å². The molecule has 0 radical (unpaired) electrons. The van der Waals surface area contributed by atoms with Crippen LogP contribution in [-0.2, 0) is 92.8 Å². The normalized spacial score (nSPS) is 37.1. The topological polar surface area (TPSA) is 169 Å². The smallest absolute Gasteiger partial charge is 0.217 e. The lowest BCUT2D eigenvalue weighted by atomic mass is 9.87. The number of fused-ring (bicyclic) bond motifs is 1. The van der Waals surface area contributed by atoms with Crippen LogP contribution in [0.1, 0.15) is 84.6 Å². The summed E-state index contributed by atoms with van der Waals surface area (Å²) in [7, 11) is 0. The zero-order chi connectivity index (χ0) is 54.2. The first kappa shape index (κ1) is 57.5. The van der Waals surface area contributed by atoms with Gasteiger partial charge in [0.25, 0.3) is 0 Å². The molecule has 2 N–H and O–H groups in total. The number of carbonyl (C=O) groups excluding carboxylic acids is 1. The standard InChI is InChI=1S/C61H81NO15/c1-36-39(4)70-41(6)54(51(36)66-31-44-24-16-11-17-25-44)75-60-57(76-58-49(62-42(7)63)50(64)55-48(73-58)35-69-61(8,9)77-55)53(37(2)40(5)71-60)74-59-56(68-33-46-28-20-13-21-29-46)52(67-32-45-26-18-12-19-27-45)38(3)47(72-59)34-65-30-43-22-14-10-15-23-43/h10-29,36-41,47-60,64H,30-35H2,1-9H3,(H,62,63)/t36-,37-,38+,39?,40?,41-,47-,48?,49?,50+,51-,52?,53-,54?,55+,56?,57?,58-,59+,60-/m0/s1. The third kappa shape index (κ3) is 14.4. The Morgan fingerprint density at radius 2 is 1.01 bits per heavy atom. The second-order valence-corrected chi connectivity index (χ2v) is 22.0.